The van der Waals surface area contributed by atoms with Crippen LogP contribution in [-0.4, -0.2) is 78.5 Å². The maximum atomic E-state index is 2.42. The number of benzene rings is 3. The number of hydrogen-bond donors (Lipinski definition) is 0. The summed E-state index contributed by atoms with van der Waals surface area (Å²) in [5.41, 5.74) is 21.0. The smallest absolute Gasteiger partial charge is 0.102 e. The molecule has 10 heteroatoms. The van der Waals surface area contributed by atoms with E-state index in [4.69, 9.17) is 0 Å². The van der Waals surface area contributed by atoms with Gasteiger partial charge in [0.2, 0.25) is 0 Å². The van der Waals surface area contributed by atoms with E-state index in [2.05, 4.69) is 104 Å². The predicted molar refractivity (Wildman–Crippen MR) is 164 cm³/mol. The van der Waals surface area contributed by atoms with Gasteiger partial charge < -0.3 is 0 Å². The van der Waals surface area contributed by atoms with Crippen LogP contribution in [0.15, 0.2) is 18.2 Å². The summed E-state index contributed by atoms with van der Waals surface area (Å²) in [4.78, 5) is 0. The molecule has 0 aliphatic rings. The fourth-order valence-electron chi connectivity index (χ4n) is 4.94. The summed E-state index contributed by atoms with van der Waals surface area (Å²) in [7, 11) is 22.7. The first-order chi connectivity index (χ1) is 13.5. The predicted octanol–water partition coefficient (Wildman–Crippen LogP) is -12.1. The monoisotopic (exact) mass is 364 g/mol. The van der Waals surface area contributed by atoms with Gasteiger partial charge in [0.1, 0.15) is 78.5 Å². The van der Waals surface area contributed by atoms with Gasteiger partial charge in [-0.3, -0.25) is 0 Å². The Bertz CT molecular complexity index is 1020. The second kappa shape index (κ2) is 7.86. The van der Waals surface area contributed by atoms with E-state index in [0.29, 0.717) is 0 Å². The van der Waals surface area contributed by atoms with Crippen molar-refractivity contribution in [2.24, 2.45) is 0 Å². The lowest BCUT2D eigenvalue weighted by molar-refractivity contribution is 1.47. The van der Waals surface area contributed by atoms with E-state index >= 15 is 0 Å². The molecule has 0 aliphatic heterocycles. The molecule has 0 bridgehead atoms. The van der Waals surface area contributed by atoms with Crippen LogP contribution in [0.2, 0.25) is 0 Å². The largest absolute Gasteiger partial charge is 0.139 e. The molecule has 0 fully saturated rings. The van der Waals surface area contributed by atoms with Crippen molar-refractivity contribution < 1.29 is 0 Å². The normalized spacial score (nSPS) is 10.9. The van der Waals surface area contributed by atoms with E-state index in [1.54, 1.807) is 0 Å². The molecule has 0 N–H and O–H groups in total. The SMILES string of the molecule is Bc1c(B)c(B)c(-c2cc(C)cc(-c3c(B)c(B)c(B)c(B)c3B)c2)c(B)c1B. The first-order valence-corrected chi connectivity index (χ1v) is 10.7. The van der Waals surface area contributed by atoms with Crippen molar-refractivity contribution >= 4 is 133 Å². The van der Waals surface area contributed by atoms with Gasteiger partial charge in [0, 0.05) is 0 Å². The summed E-state index contributed by atoms with van der Waals surface area (Å²) in [5, 5.41) is 0. The van der Waals surface area contributed by atoms with Gasteiger partial charge in [-0.25, -0.2) is 0 Å². The third-order valence-corrected chi connectivity index (χ3v) is 7.65. The average molecular weight is 363 g/mol. The summed E-state index contributed by atoms with van der Waals surface area (Å²) in [5.74, 6) is 0. The summed E-state index contributed by atoms with van der Waals surface area (Å²) < 4.78 is 0. The molecule has 3 rings (SSSR count). The quantitative estimate of drug-likeness (QED) is 0.397. The van der Waals surface area contributed by atoms with Gasteiger partial charge in [-0.2, -0.15) is 0 Å². The second-order valence-corrected chi connectivity index (χ2v) is 9.09. The maximum absolute atomic E-state index is 2.42. The van der Waals surface area contributed by atoms with Gasteiger partial charge in [-0.1, -0.05) is 34.0 Å². The Morgan fingerprint density at radius 3 is 0.897 bits per heavy atom. The van der Waals surface area contributed by atoms with E-state index in [9.17, 15) is 0 Å². The highest BCUT2D eigenvalue weighted by molar-refractivity contribution is 6.70. The second-order valence-electron chi connectivity index (χ2n) is 9.09. The van der Waals surface area contributed by atoms with Gasteiger partial charge in [-0.05, 0) is 40.8 Å². The molecule has 0 aliphatic carbocycles. The molecule has 0 unspecified atom stereocenters. The van der Waals surface area contributed by atoms with Crippen LogP contribution in [0.1, 0.15) is 5.56 Å². The van der Waals surface area contributed by atoms with Gasteiger partial charge in [0.05, 0.1) is 0 Å². The topological polar surface area (TPSA) is 0 Å². The Kier molecular flexibility index (Phi) is 5.96. The molecular weight excluding hydrogens is 336 g/mol. The van der Waals surface area contributed by atoms with Crippen molar-refractivity contribution in [3.8, 4) is 22.3 Å². The van der Waals surface area contributed by atoms with Gasteiger partial charge in [0.15, 0.2) is 0 Å². The standard InChI is InChI=1S/C19H26B10/c1-5-2-6(8-10(20)14(24)18(28)15(25)11(8)21)4-7(3-5)9-12(22)16(26)19(29)17(27)13(9)23/h2-4H,20-29H2,1H3. The molecule has 3 aromatic carbocycles. The fraction of sp³-hybridized carbons (Fsp3) is 0.0526. The van der Waals surface area contributed by atoms with Crippen LogP contribution in [-0.2, 0) is 0 Å². The molecular formula is C19H26B10. The summed E-state index contributed by atoms with van der Waals surface area (Å²) >= 11 is 0. The third kappa shape index (κ3) is 3.54. The van der Waals surface area contributed by atoms with Crippen LogP contribution in [0.5, 0.6) is 0 Å². The molecule has 0 saturated carbocycles. The summed E-state index contributed by atoms with van der Waals surface area (Å²) in [6, 6.07) is 7.12. The highest BCUT2D eigenvalue weighted by atomic mass is 14.2. The van der Waals surface area contributed by atoms with Crippen LogP contribution < -0.4 is 54.6 Å². The molecule has 0 nitrogen and oxygen atoms in total. The summed E-state index contributed by atoms with van der Waals surface area (Å²) in [6.45, 7) is 2.23. The molecule has 0 aromatic heterocycles. The lowest BCUT2D eigenvalue weighted by Gasteiger charge is -2.23. The first-order valence-electron chi connectivity index (χ1n) is 10.7. The highest BCUT2D eigenvalue weighted by Gasteiger charge is 2.17. The first kappa shape index (κ1) is 22.0. The van der Waals surface area contributed by atoms with Crippen LogP contribution in [0.3, 0.4) is 0 Å². The minimum Gasteiger partial charge on any atom is -0.102 e. The molecule has 0 radical (unpaired) electrons. The van der Waals surface area contributed by atoms with E-state index in [-0.39, 0.29) is 0 Å². The van der Waals surface area contributed by atoms with Crippen LogP contribution in [0, 0.1) is 6.92 Å². The van der Waals surface area contributed by atoms with Crippen LogP contribution in [0.25, 0.3) is 22.3 Å². The minimum absolute atomic E-state index is 1.32. The zero-order valence-corrected chi connectivity index (χ0v) is 20.2. The zero-order chi connectivity index (χ0) is 21.8. The molecule has 3 aromatic rings. The van der Waals surface area contributed by atoms with E-state index in [1.807, 2.05) is 0 Å². The fourth-order valence-corrected chi connectivity index (χ4v) is 4.94. The Balaban J connectivity index is 2.37. The van der Waals surface area contributed by atoms with Gasteiger partial charge in [-0.15, -0.1) is 32.8 Å². The Labute approximate surface area is 185 Å². The molecule has 29 heavy (non-hydrogen) atoms. The molecule has 0 heterocycles. The molecule has 0 amide bonds. The minimum atomic E-state index is 1.32. The Hall–Kier alpha value is -1.69. The zero-order valence-electron chi connectivity index (χ0n) is 20.2. The van der Waals surface area contributed by atoms with Gasteiger partial charge in [0.25, 0.3) is 0 Å². The van der Waals surface area contributed by atoms with Gasteiger partial charge >= 0.3 is 0 Å². The lowest BCUT2D eigenvalue weighted by Crippen LogP contribution is -2.55. The highest BCUT2D eigenvalue weighted by Crippen LogP contribution is 2.24. The third-order valence-electron chi connectivity index (χ3n) is 7.65. The van der Waals surface area contributed by atoms with E-state index in [1.165, 1.54) is 82.4 Å². The van der Waals surface area contributed by atoms with Crippen LogP contribution >= 0.6 is 0 Å². The van der Waals surface area contributed by atoms with E-state index in [0.717, 1.165) is 0 Å². The summed E-state index contributed by atoms with van der Waals surface area (Å²) in [6.07, 6.45) is 0. The number of rotatable bonds is 2. The van der Waals surface area contributed by atoms with E-state index < -0.39 is 0 Å². The van der Waals surface area contributed by atoms with Crippen LogP contribution in [0.4, 0.5) is 0 Å². The van der Waals surface area contributed by atoms with Crippen molar-refractivity contribution in [2.75, 3.05) is 0 Å². The van der Waals surface area contributed by atoms with Crippen molar-refractivity contribution in [2.45, 2.75) is 6.92 Å². The van der Waals surface area contributed by atoms with Crippen molar-refractivity contribution in [1.29, 1.82) is 0 Å². The number of aryl methyl sites for hydroxylation is 1. The molecule has 0 atom stereocenters. The Morgan fingerprint density at radius 2 is 0.621 bits per heavy atom. The van der Waals surface area contributed by atoms with Crippen molar-refractivity contribution in [3.05, 3.63) is 23.8 Å². The lowest BCUT2D eigenvalue weighted by atomic mass is 9.59. The van der Waals surface area contributed by atoms with Crippen molar-refractivity contribution in [3.63, 3.8) is 0 Å². The molecule has 0 spiro atoms. The molecule has 132 valence electrons. The maximum Gasteiger partial charge on any atom is 0.139 e. The van der Waals surface area contributed by atoms with Crippen molar-refractivity contribution in [1.82, 2.24) is 0 Å². The average Bonchev–Trinajstić information content (AvgIpc) is 2.67. The number of hydrogen-bond acceptors (Lipinski definition) is 0. The Morgan fingerprint density at radius 1 is 0.379 bits per heavy atom. The molecule has 0 saturated heterocycles.